The molecule has 242 valence electrons. The Bertz CT molecular complexity index is 1720. The van der Waals surface area contributed by atoms with Crippen LogP contribution in [0.25, 0.3) is 35.4 Å². The van der Waals surface area contributed by atoms with E-state index in [2.05, 4.69) is 149 Å². The van der Waals surface area contributed by atoms with Gasteiger partial charge < -0.3 is 0 Å². The summed E-state index contributed by atoms with van der Waals surface area (Å²) in [5, 5.41) is 0. The fraction of sp³-hybridized carbons (Fsp3) is 0.391. The zero-order valence-electron chi connectivity index (χ0n) is 32.3. The van der Waals surface area contributed by atoms with Crippen LogP contribution in [0.5, 0.6) is 0 Å². The third-order valence-electron chi connectivity index (χ3n) is 12.6. The van der Waals surface area contributed by atoms with Crippen molar-refractivity contribution in [1.29, 1.82) is 0 Å². The minimum absolute atomic E-state index is 1.35. The van der Waals surface area contributed by atoms with Gasteiger partial charge in [-0.1, -0.05) is 24.3 Å². The summed E-state index contributed by atoms with van der Waals surface area (Å²) in [5.74, 6) is 0. The predicted octanol–water partition coefficient (Wildman–Crippen LogP) is 13.2. The molecule has 4 rings (SSSR count). The lowest BCUT2D eigenvalue weighted by molar-refractivity contribution is 1.16. The van der Waals surface area contributed by atoms with Gasteiger partial charge in [0.15, 0.2) is 0 Å². The molecular weight excluding hydrogens is 553 g/mol. The quantitative estimate of drug-likeness (QED) is 0.197. The van der Waals surface area contributed by atoms with Gasteiger partial charge in [-0.3, -0.25) is 0 Å². The Morgan fingerprint density at radius 3 is 0.478 bits per heavy atom. The second-order valence-corrected chi connectivity index (χ2v) is 14.3. The minimum atomic E-state index is 1.35. The molecule has 0 radical (unpaired) electrons. The fourth-order valence-electron chi connectivity index (χ4n) is 7.82. The minimum Gasteiger partial charge on any atom is -0.0538 e. The third-order valence-corrected chi connectivity index (χ3v) is 12.6. The molecule has 0 amide bonds. The molecule has 0 bridgehead atoms. The Hall–Kier alpha value is -3.64. The largest absolute Gasteiger partial charge is 0.0538 e. The van der Waals surface area contributed by atoms with E-state index in [1.807, 2.05) is 0 Å². The summed E-state index contributed by atoms with van der Waals surface area (Å²) in [5.41, 5.74) is 33.3. The van der Waals surface area contributed by atoms with Crippen molar-refractivity contribution in [3.63, 3.8) is 0 Å². The van der Waals surface area contributed by atoms with Gasteiger partial charge in [-0.15, -0.1) is 0 Å². The first-order valence-corrected chi connectivity index (χ1v) is 17.1. The van der Waals surface area contributed by atoms with Crippen LogP contribution in [-0.4, -0.2) is 0 Å². The standard InChI is InChI=1S/C46H58/c1-23-25(3)29(7)41(30(8)26(23)4)19-21-43-33(11)37(15)45(38(16)34(43)12)46-39(17)35(13)44(36(14)40(46)18)22-20-42-31(9)27(5)24(2)28(6)32(42)10/h19-22H,1-18H3. The van der Waals surface area contributed by atoms with E-state index in [1.165, 1.54) is 134 Å². The molecule has 0 nitrogen and oxygen atoms in total. The number of rotatable bonds is 5. The molecule has 46 heavy (non-hydrogen) atoms. The molecule has 4 aromatic carbocycles. The third kappa shape index (κ3) is 5.53. The van der Waals surface area contributed by atoms with Gasteiger partial charge in [0.2, 0.25) is 0 Å². The molecule has 0 aromatic heterocycles. The molecule has 0 heterocycles. The zero-order valence-corrected chi connectivity index (χ0v) is 32.3. The van der Waals surface area contributed by atoms with Crippen LogP contribution in [0.15, 0.2) is 0 Å². The van der Waals surface area contributed by atoms with Crippen molar-refractivity contribution in [2.75, 3.05) is 0 Å². The first kappa shape index (κ1) is 35.2. The fourth-order valence-corrected chi connectivity index (χ4v) is 7.82. The molecule has 0 aliphatic heterocycles. The van der Waals surface area contributed by atoms with Crippen molar-refractivity contribution in [3.8, 4) is 11.1 Å². The van der Waals surface area contributed by atoms with Gasteiger partial charge >= 0.3 is 0 Å². The summed E-state index contributed by atoms with van der Waals surface area (Å²) in [7, 11) is 0. The molecule has 0 heteroatoms. The highest BCUT2D eigenvalue weighted by Gasteiger charge is 2.22. The van der Waals surface area contributed by atoms with Crippen LogP contribution >= 0.6 is 0 Å². The predicted molar refractivity (Wildman–Crippen MR) is 208 cm³/mol. The van der Waals surface area contributed by atoms with E-state index in [-0.39, 0.29) is 0 Å². The highest BCUT2D eigenvalue weighted by molar-refractivity contribution is 5.87. The van der Waals surface area contributed by atoms with Crippen molar-refractivity contribution in [3.05, 3.63) is 122 Å². The van der Waals surface area contributed by atoms with Gasteiger partial charge in [-0.2, -0.15) is 0 Å². The Balaban J connectivity index is 1.89. The number of hydrogen-bond acceptors (Lipinski definition) is 0. The molecule has 0 aliphatic carbocycles. The summed E-state index contributed by atoms with van der Waals surface area (Å²) < 4.78 is 0. The smallest absolute Gasteiger partial charge is 0.0114 e. The van der Waals surface area contributed by atoms with Crippen LogP contribution in [0.1, 0.15) is 122 Å². The molecule has 4 aromatic rings. The molecule has 0 saturated heterocycles. The first-order valence-electron chi connectivity index (χ1n) is 17.1. The van der Waals surface area contributed by atoms with Crippen LogP contribution in [0.4, 0.5) is 0 Å². The van der Waals surface area contributed by atoms with Gasteiger partial charge in [-0.25, -0.2) is 0 Å². The van der Waals surface area contributed by atoms with E-state index >= 15 is 0 Å². The Morgan fingerprint density at radius 1 is 0.174 bits per heavy atom. The maximum absolute atomic E-state index is 2.38. The summed E-state index contributed by atoms with van der Waals surface area (Å²) in [6, 6.07) is 0. The summed E-state index contributed by atoms with van der Waals surface area (Å²) in [4.78, 5) is 0. The normalized spacial score (nSPS) is 12.0. The molecule has 0 aliphatic rings. The maximum atomic E-state index is 2.38. The number of hydrogen-bond donors (Lipinski definition) is 0. The monoisotopic (exact) mass is 610 g/mol. The van der Waals surface area contributed by atoms with Crippen LogP contribution in [0.2, 0.25) is 0 Å². The molecule has 0 fully saturated rings. The van der Waals surface area contributed by atoms with Crippen molar-refractivity contribution < 1.29 is 0 Å². The maximum Gasteiger partial charge on any atom is -0.0114 e. The summed E-state index contributed by atoms with van der Waals surface area (Å²) >= 11 is 0. The Morgan fingerprint density at radius 2 is 0.304 bits per heavy atom. The summed E-state index contributed by atoms with van der Waals surface area (Å²) in [6.07, 6.45) is 9.48. The zero-order chi connectivity index (χ0) is 34.7. The van der Waals surface area contributed by atoms with Crippen LogP contribution in [0, 0.1) is 125 Å². The lowest BCUT2D eigenvalue weighted by Gasteiger charge is -2.25. The topological polar surface area (TPSA) is 0 Å². The molecule has 0 saturated carbocycles. The molecule has 0 N–H and O–H groups in total. The molecule has 0 atom stereocenters. The van der Waals surface area contributed by atoms with Crippen LogP contribution in [-0.2, 0) is 0 Å². The van der Waals surface area contributed by atoms with E-state index in [0.717, 1.165) is 0 Å². The lowest BCUT2D eigenvalue weighted by Crippen LogP contribution is -2.05. The van der Waals surface area contributed by atoms with E-state index < -0.39 is 0 Å². The van der Waals surface area contributed by atoms with Crippen LogP contribution < -0.4 is 0 Å². The SMILES string of the molecule is Cc1c(C)c(C)c(C=Cc2c(C)c(C)c(-c3c(C)c(C)c(C=Cc4c(C)c(C)c(C)c(C)c4C)c(C)c3C)c(C)c2C)c(C)c1C. The van der Waals surface area contributed by atoms with Gasteiger partial charge in [0, 0.05) is 0 Å². The highest BCUT2D eigenvalue weighted by Crippen LogP contribution is 2.42. The van der Waals surface area contributed by atoms with Gasteiger partial charge in [0.25, 0.3) is 0 Å². The van der Waals surface area contributed by atoms with Crippen LogP contribution in [0.3, 0.4) is 0 Å². The first-order chi connectivity index (χ1) is 21.4. The second-order valence-electron chi connectivity index (χ2n) is 14.3. The van der Waals surface area contributed by atoms with Gasteiger partial charge in [0.05, 0.1) is 0 Å². The van der Waals surface area contributed by atoms with E-state index in [1.54, 1.807) is 0 Å². The lowest BCUT2D eigenvalue weighted by atomic mass is 9.79. The van der Waals surface area contributed by atoms with Crippen molar-refractivity contribution in [2.45, 2.75) is 125 Å². The average molecular weight is 611 g/mol. The molecular formula is C46H58. The Kier molecular flexibility index (Phi) is 9.85. The van der Waals surface area contributed by atoms with Gasteiger partial charge in [-0.05, 0) is 258 Å². The Labute approximate surface area is 281 Å². The van der Waals surface area contributed by atoms with E-state index in [9.17, 15) is 0 Å². The van der Waals surface area contributed by atoms with Crippen molar-refractivity contribution >= 4 is 24.3 Å². The van der Waals surface area contributed by atoms with E-state index in [0.29, 0.717) is 0 Å². The number of benzene rings is 4. The highest BCUT2D eigenvalue weighted by atomic mass is 14.3. The van der Waals surface area contributed by atoms with Gasteiger partial charge in [0.1, 0.15) is 0 Å². The summed E-state index contributed by atoms with van der Waals surface area (Å²) in [6.45, 7) is 41.2. The van der Waals surface area contributed by atoms with Crippen molar-refractivity contribution in [2.24, 2.45) is 0 Å². The average Bonchev–Trinajstić information content (AvgIpc) is 3.03. The molecule has 0 unspecified atom stereocenters. The van der Waals surface area contributed by atoms with E-state index in [4.69, 9.17) is 0 Å². The second kappa shape index (κ2) is 12.9. The van der Waals surface area contributed by atoms with Crippen molar-refractivity contribution in [1.82, 2.24) is 0 Å². The molecule has 0 spiro atoms.